The molecule has 0 saturated carbocycles. The molecule has 26 heavy (non-hydrogen) atoms. The van der Waals surface area contributed by atoms with E-state index in [2.05, 4.69) is 48.0 Å². The van der Waals surface area contributed by atoms with Gasteiger partial charge in [0.05, 0.1) is 16.6 Å². The van der Waals surface area contributed by atoms with Crippen molar-refractivity contribution in [3.05, 3.63) is 87.7 Å². The van der Waals surface area contributed by atoms with Crippen LogP contribution in [0.1, 0.15) is 45.3 Å². The van der Waals surface area contributed by atoms with Gasteiger partial charge >= 0.3 is 0 Å². The topological polar surface area (TPSA) is 34.0 Å². The number of nitrogens with one attached hydrogen (secondary N) is 1. The van der Waals surface area contributed by atoms with Crippen LogP contribution in [0.5, 0.6) is 0 Å². The first kappa shape index (κ1) is 16.9. The van der Waals surface area contributed by atoms with E-state index >= 15 is 0 Å². The number of halogens is 1. The van der Waals surface area contributed by atoms with Gasteiger partial charge < -0.3 is 9.88 Å². The molecule has 1 aliphatic rings. The minimum Gasteiger partial charge on any atom is -0.345 e. The summed E-state index contributed by atoms with van der Waals surface area (Å²) in [5.41, 5.74) is 6.25. The van der Waals surface area contributed by atoms with Crippen molar-refractivity contribution in [1.29, 1.82) is 0 Å². The highest BCUT2D eigenvalue weighted by molar-refractivity contribution is 6.33. The predicted molar refractivity (Wildman–Crippen MR) is 105 cm³/mol. The summed E-state index contributed by atoms with van der Waals surface area (Å²) in [4.78, 5) is 12.9. The lowest BCUT2D eigenvalue weighted by Crippen LogP contribution is -2.27. The highest BCUT2D eigenvalue weighted by Crippen LogP contribution is 2.31. The zero-order chi connectivity index (χ0) is 18.3. The fraction of sp³-hybridized carbons (Fsp3) is 0.227. The van der Waals surface area contributed by atoms with E-state index in [0.717, 1.165) is 29.9 Å². The maximum absolute atomic E-state index is 12.9. The van der Waals surface area contributed by atoms with Gasteiger partial charge in [-0.2, -0.15) is 0 Å². The number of fused-ring (bicyclic) bond motifs is 1. The molecule has 4 rings (SSSR count). The van der Waals surface area contributed by atoms with Crippen molar-refractivity contribution in [1.82, 2.24) is 9.88 Å². The van der Waals surface area contributed by atoms with Gasteiger partial charge in [-0.25, -0.2) is 0 Å². The predicted octanol–water partition coefficient (Wildman–Crippen LogP) is 5.16. The van der Waals surface area contributed by atoms with E-state index in [4.69, 9.17) is 11.6 Å². The molecular formula is C22H21ClN2O. The molecule has 1 aliphatic carbocycles. The van der Waals surface area contributed by atoms with Gasteiger partial charge in [0.2, 0.25) is 0 Å². The first-order chi connectivity index (χ1) is 12.5. The van der Waals surface area contributed by atoms with E-state index in [1.807, 2.05) is 24.3 Å². The number of aryl methyl sites for hydroxylation is 3. The first-order valence-corrected chi connectivity index (χ1v) is 9.26. The monoisotopic (exact) mass is 364 g/mol. The van der Waals surface area contributed by atoms with Crippen molar-refractivity contribution in [2.45, 2.75) is 32.7 Å². The Morgan fingerprint density at radius 2 is 1.81 bits per heavy atom. The van der Waals surface area contributed by atoms with Crippen molar-refractivity contribution in [2.24, 2.45) is 0 Å². The van der Waals surface area contributed by atoms with Crippen LogP contribution in [-0.4, -0.2) is 10.5 Å². The third-order valence-electron chi connectivity index (χ3n) is 5.16. The number of hydrogen-bond acceptors (Lipinski definition) is 1. The van der Waals surface area contributed by atoms with Gasteiger partial charge in [0.15, 0.2) is 0 Å². The van der Waals surface area contributed by atoms with Crippen LogP contribution in [0.4, 0.5) is 0 Å². The van der Waals surface area contributed by atoms with Gasteiger partial charge in [0, 0.05) is 17.1 Å². The minimum absolute atomic E-state index is 0.0495. The van der Waals surface area contributed by atoms with Crippen LogP contribution in [0.3, 0.4) is 0 Å². The molecule has 3 aromatic rings. The Morgan fingerprint density at radius 3 is 2.58 bits per heavy atom. The number of carbonyl (C=O) groups is 1. The molecule has 1 aromatic heterocycles. The number of hydrogen-bond donors (Lipinski definition) is 1. The molecule has 0 bridgehead atoms. The molecule has 1 amide bonds. The Labute approximate surface area is 158 Å². The number of carbonyl (C=O) groups excluding carboxylic acids is 1. The molecule has 0 unspecified atom stereocenters. The second-order valence-corrected chi connectivity index (χ2v) is 7.29. The second kappa shape index (κ2) is 6.65. The Balaban J connectivity index is 1.64. The van der Waals surface area contributed by atoms with Gasteiger partial charge in [-0.3, -0.25) is 4.79 Å². The lowest BCUT2D eigenvalue weighted by Gasteiger charge is -2.16. The van der Waals surface area contributed by atoms with Crippen LogP contribution in [0.25, 0.3) is 5.69 Å². The van der Waals surface area contributed by atoms with Gasteiger partial charge in [-0.1, -0.05) is 35.9 Å². The van der Waals surface area contributed by atoms with Crippen molar-refractivity contribution >= 4 is 17.5 Å². The molecule has 2 aromatic carbocycles. The fourth-order valence-electron chi connectivity index (χ4n) is 3.85. The lowest BCUT2D eigenvalue weighted by atomic mass is 10.1. The van der Waals surface area contributed by atoms with Crippen LogP contribution in [-0.2, 0) is 6.42 Å². The number of rotatable bonds is 3. The molecule has 0 spiro atoms. The number of aromatic nitrogens is 1. The van der Waals surface area contributed by atoms with Crippen LogP contribution in [0.15, 0.2) is 54.6 Å². The molecule has 4 heteroatoms. The largest absolute Gasteiger partial charge is 0.345 e. The van der Waals surface area contributed by atoms with Crippen molar-refractivity contribution in [3.63, 3.8) is 0 Å². The molecule has 1 N–H and O–H groups in total. The Kier molecular flexibility index (Phi) is 4.33. The molecule has 0 radical (unpaired) electrons. The number of amides is 1. The van der Waals surface area contributed by atoms with Gasteiger partial charge in [-0.15, -0.1) is 0 Å². The van der Waals surface area contributed by atoms with E-state index in [1.165, 1.54) is 11.1 Å². The summed E-state index contributed by atoms with van der Waals surface area (Å²) in [6, 6.07) is 18.1. The first-order valence-electron chi connectivity index (χ1n) is 8.88. The molecule has 0 aliphatic heterocycles. The fourth-order valence-corrected chi connectivity index (χ4v) is 4.05. The van der Waals surface area contributed by atoms with E-state index in [0.29, 0.717) is 10.6 Å². The SMILES string of the molecule is Cc1ccc(C)n1-c1ccc(Cl)c(C(=O)N[C@@H]2CCc3ccccc32)c1. The average Bonchev–Trinajstić information content (AvgIpc) is 3.19. The summed E-state index contributed by atoms with van der Waals surface area (Å²) in [6.07, 6.45) is 1.93. The van der Waals surface area contributed by atoms with Gasteiger partial charge in [0.1, 0.15) is 0 Å². The zero-order valence-electron chi connectivity index (χ0n) is 14.9. The minimum atomic E-state index is -0.124. The second-order valence-electron chi connectivity index (χ2n) is 6.88. The Morgan fingerprint density at radius 1 is 1.08 bits per heavy atom. The van der Waals surface area contributed by atoms with Crippen LogP contribution >= 0.6 is 11.6 Å². The summed E-state index contributed by atoms with van der Waals surface area (Å²) >= 11 is 6.35. The van der Waals surface area contributed by atoms with Gasteiger partial charge in [-0.05, 0) is 68.1 Å². The highest BCUT2D eigenvalue weighted by atomic mass is 35.5. The summed E-state index contributed by atoms with van der Waals surface area (Å²) in [5.74, 6) is -0.124. The molecule has 3 nitrogen and oxygen atoms in total. The standard InChI is InChI=1S/C22H21ClN2O/c1-14-7-8-15(2)25(14)17-10-11-20(23)19(13-17)22(26)24-21-12-9-16-5-3-4-6-18(16)21/h3-8,10-11,13,21H,9,12H2,1-2H3,(H,24,26)/t21-/m1/s1. The summed E-state index contributed by atoms with van der Waals surface area (Å²) in [7, 11) is 0. The molecule has 0 saturated heterocycles. The van der Waals surface area contributed by atoms with Crippen molar-refractivity contribution in [2.75, 3.05) is 0 Å². The maximum Gasteiger partial charge on any atom is 0.253 e. The summed E-state index contributed by atoms with van der Waals surface area (Å²) in [5, 5.41) is 3.63. The van der Waals surface area contributed by atoms with Gasteiger partial charge in [0.25, 0.3) is 5.91 Å². The maximum atomic E-state index is 12.9. The Hall–Kier alpha value is -2.52. The number of nitrogens with zero attached hydrogens (tertiary/aromatic N) is 1. The van der Waals surface area contributed by atoms with E-state index < -0.39 is 0 Å². The summed E-state index contributed by atoms with van der Waals surface area (Å²) < 4.78 is 2.12. The van der Waals surface area contributed by atoms with E-state index in [-0.39, 0.29) is 11.9 Å². The normalized spacial score (nSPS) is 15.7. The third-order valence-corrected chi connectivity index (χ3v) is 5.49. The quantitative estimate of drug-likeness (QED) is 0.683. The average molecular weight is 365 g/mol. The highest BCUT2D eigenvalue weighted by Gasteiger charge is 2.24. The van der Waals surface area contributed by atoms with E-state index in [1.54, 1.807) is 6.07 Å². The molecule has 132 valence electrons. The zero-order valence-corrected chi connectivity index (χ0v) is 15.7. The molecule has 1 atom stereocenters. The number of benzene rings is 2. The smallest absolute Gasteiger partial charge is 0.253 e. The Bertz CT molecular complexity index is 970. The van der Waals surface area contributed by atoms with Crippen LogP contribution in [0.2, 0.25) is 5.02 Å². The van der Waals surface area contributed by atoms with Crippen molar-refractivity contribution in [3.8, 4) is 5.69 Å². The lowest BCUT2D eigenvalue weighted by molar-refractivity contribution is 0.0937. The van der Waals surface area contributed by atoms with Crippen LogP contribution in [0, 0.1) is 13.8 Å². The van der Waals surface area contributed by atoms with Crippen molar-refractivity contribution < 1.29 is 4.79 Å². The molecule has 1 heterocycles. The van der Waals surface area contributed by atoms with Crippen LogP contribution < -0.4 is 5.32 Å². The van der Waals surface area contributed by atoms with E-state index in [9.17, 15) is 4.79 Å². The summed E-state index contributed by atoms with van der Waals surface area (Å²) in [6.45, 7) is 4.10. The molecular weight excluding hydrogens is 344 g/mol. The third kappa shape index (κ3) is 2.93. The molecule has 0 fully saturated rings.